The predicted molar refractivity (Wildman–Crippen MR) is 102 cm³/mol. The molecule has 2 heterocycles. The highest BCUT2D eigenvalue weighted by Crippen LogP contribution is 2.20. The molecule has 0 unspecified atom stereocenters. The molecule has 3 N–H and O–H groups in total. The van der Waals surface area contributed by atoms with E-state index in [-0.39, 0.29) is 5.91 Å². The van der Waals surface area contributed by atoms with Crippen LogP contribution in [0.5, 0.6) is 0 Å². The van der Waals surface area contributed by atoms with Crippen LogP contribution in [-0.4, -0.2) is 38.6 Å². The Bertz CT molecular complexity index is 682. The highest BCUT2D eigenvalue weighted by Gasteiger charge is 2.25. The number of hydrogen-bond acceptors (Lipinski definition) is 2. The summed E-state index contributed by atoms with van der Waals surface area (Å²) in [7, 11) is 0. The van der Waals surface area contributed by atoms with E-state index in [1.54, 1.807) is 4.90 Å². The summed E-state index contributed by atoms with van der Waals surface area (Å²) >= 11 is 5.34. The fourth-order valence-electron chi connectivity index (χ4n) is 3.07. The molecule has 1 saturated heterocycles. The summed E-state index contributed by atoms with van der Waals surface area (Å²) in [5.41, 5.74) is 2.03. The largest absolute Gasteiger partial charge is 0.321 e. The van der Waals surface area contributed by atoms with Crippen molar-refractivity contribution in [2.45, 2.75) is 13.5 Å². The van der Waals surface area contributed by atoms with Gasteiger partial charge in [-0.3, -0.25) is 4.79 Å². The Morgan fingerprint density at radius 2 is 1.96 bits per heavy atom. The second-order valence-corrected chi connectivity index (χ2v) is 8.33. The van der Waals surface area contributed by atoms with Crippen LogP contribution in [0.15, 0.2) is 40.2 Å². The fourth-order valence-corrected chi connectivity index (χ4v) is 4.23. The van der Waals surface area contributed by atoms with Crippen LogP contribution in [-0.2, 0) is 11.3 Å². The predicted octanol–water partition coefficient (Wildman–Crippen LogP) is 0.741. The van der Waals surface area contributed by atoms with Crippen molar-refractivity contribution in [3.05, 3.63) is 50.6 Å². The molecule has 1 aliphatic rings. The molecule has 4 nitrogen and oxygen atoms in total. The van der Waals surface area contributed by atoms with Crippen LogP contribution >= 0.6 is 27.3 Å². The van der Waals surface area contributed by atoms with Crippen LogP contribution in [0.3, 0.4) is 0 Å². The van der Waals surface area contributed by atoms with Crippen LogP contribution < -0.4 is 15.1 Å². The maximum Gasteiger partial charge on any atom is 0.279 e. The summed E-state index contributed by atoms with van der Waals surface area (Å²) in [4.78, 5) is 16.7. The highest BCUT2D eigenvalue weighted by molar-refractivity contribution is 9.10. The topological polar surface area (TPSA) is 38.0 Å². The Balaban J connectivity index is 1.43. The van der Waals surface area contributed by atoms with Crippen molar-refractivity contribution >= 4 is 38.9 Å². The Kier molecular flexibility index (Phi) is 6.05. The second-order valence-electron chi connectivity index (χ2n) is 6.45. The molecule has 0 radical (unpaired) electrons. The molecule has 0 aliphatic carbocycles. The molecule has 6 heteroatoms. The fraction of sp³-hybridized carbons (Fsp3) is 0.389. The van der Waals surface area contributed by atoms with Gasteiger partial charge in [0, 0.05) is 10.2 Å². The zero-order valence-corrected chi connectivity index (χ0v) is 16.3. The van der Waals surface area contributed by atoms with Crippen molar-refractivity contribution in [2.24, 2.45) is 0 Å². The molecule has 1 aliphatic heterocycles. The van der Waals surface area contributed by atoms with Crippen molar-refractivity contribution in [1.82, 2.24) is 0 Å². The number of halogens is 1. The SMILES string of the molecule is Cc1ccc(NC(=O)C[NH+]2CC[NH+](Cc3cccs3)CC2)cc1Br. The van der Waals surface area contributed by atoms with Gasteiger partial charge < -0.3 is 15.1 Å². The van der Waals surface area contributed by atoms with Gasteiger partial charge in [0.1, 0.15) is 32.7 Å². The number of hydrogen-bond donors (Lipinski definition) is 3. The van der Waals surface area contributed by atoms with E-state index in [0.717, 1.165) is 42.9 Å². The van der Waals surface area contributed by atoms with Crippen LogP contribution in [0.2, 0.25) is 0 Å². The average molecular weight is 410 g/mol. The van der Waals surface area contributed by atoms with Crippen LogP contribution in [0.1, 0.15) is 10.4 Å². The number of rotatable bonds is 5. The van der Waals surface area contributed by atoms with Crippen molar-refractivity contribution in [3.63, 3.8) is 0 Å². The van der Waals surface area contributed by atoms with E-state index in [4.69, 9.17) is 0 Å². The number of benzene rings is 1. The number of nitrogens with one attached hydrogen (secondary N) is 3. The van der Waals surface area contributed by atoms with Crippen molar-refractivity contribution in [3.8, 4) is 0 Å². The van der Waals surface area contributed by atoms with E-state index in [2.05, 4.69) is 38.8 Å². The summed E-state index contributed by atoms with van der Waals surface area (Å²) in [6.07, 6.45) is 0. The van der Waals surface area contributed by atoms with E-state index in [0.29, 0.717) is 6.54 Å². The zero-order valence-electron chi connectivity index (χ0n) is 13.9. The summed E-state index contributed by atoms with van der Waals surface area (Å²) in [6.45, 7) is 8.11. The first kappa shape index (κ1) is 17.6. The summed E-state index contributed by atoms with van der Waals surface area (Å²) < 4.78 is 1.03. The molecule has 1 amide bonds. The number of quaternary nitrogens is 2. The number of carbonyl (C=O) groups excluding carboxylic acids is 1. The minimum absolute atomic E-state index is 0.0995. The molecule has 24 heavy (non-hydrogen) atoms. The van der Waals surface area contributed by atoms with Gasteiger partial charge >= 0.3 is 0 Å². The standard InChI is InChI=1S/C18H22BrN3OS/c1-14-4-5-15(11-17(14)19)20-18(23)13-22-8-6-21(7-9-22)12-16-3-2-10-24-16/h2-5,10-11H,6-9,12-13H2,1H3,(H,20,23)/p+2. The third kappa shape index (κ3) is 4.89. The second kappa shape index (κ2) is 8.25. The Labute approximate surface area is 155 Å². The first-order chi connectivity index (χ1) is 11.6. The number of anilines is 1. The lowest BCUT2D eigenvalue weighted by molar-refractivity contribution is -1.01. The number of aryl methyl sites for hydroxylation is 1. The lowest BCUT2D eigenvalue weighted by Gasteiger charge is -2.29. The molecule has 128 valence electrons. The first-order valence-electron chi connectivity index (χ1n) is 8.35. The van der Waals surface area contributed by atoms with Gasteiger partial charge in [-0.25, -0.2) is 0 Å². The molecular formula is C18H24BrN3OS+2. The smallest absolute Gasteiger partial charge is 0.279 e. The molecule has 0 bridgehead atoms. The highest BCUT2D eigenvalue weighted by atomic mass is 79.9. The Morgan fingerprint density at radius 1 is 1.21 bits per heavy atom. The van der Waals surface area contributed by atoms with Crippen molar-refractivity contribution in [1.29, 1.82) is 0 Å². The minimum Gasteiger partial charge on any atom is -0.321 e. The lowest BCUT2D eigenvalue weighted by Crippen LogP contribution is -3.28. The zero-order chi connectivity index (χ0) is 16.9. The summed E-state index contributed by atoms with van der Waals surface area (Å²) in [5, 5.41) is 5.15. The van der Waals surface area contributed by atoms with E-state index in [1.807, 2.05) is 36.5 Å². The Morgan fingerprint density at radius 3 is 2.62 bits per heavy atom. The quantitative estimate of drug-likeness (QED) is 0.669. The van der Waals surface area contributed by atoms with Gasteiger partial charge in [0.25, 0.3) is 5.91 Å². The number of amides is 1. The van der Waals surface area contributed by atoms with E-state index in [1.165, 1.54) is 15.3 Å². The van der Waals surface area contributed by atoms with Gasteiger partial charge in [-0.1, -0.05) is 28.1 Å². The molecule has 0 atom stereocenters. The van der Waals surface area contributed by atoms with Gasteiger partial charge in [0.15, 0.2) is 6.54 Å². The van der Waals surface area contributed by atoms with Crippen molar-refractivity contribution < 1.29 is 14.6 Å². The molecule has 3 rings (SSSR count). The number of thiophene rings is 1. The molecular weight excluding hydrogens is 386 g/mol. The van der Waals surface area contributed by atoms with Gasteiger partial charge in [-0.05, 0) is 36.1 Å². The third-order valence-electron chi connectivity index (χ3n) is 4.53. The Hall–Kier alpha value is -1.21. The normalized spacial score (nSPS) is 20.8. The summed E-state index contributed by atoms with van der Waals surface area (Å²) in [6, 6.07) is 10.3. The number of carbonyl (C=O) groups is 1. The van der Waals surface area contributed by atoms with Crippen LogP contribution in [0.25, 0.3) is 0 Å². The van der Waals surface area contributed by atoms with E-state index < -0.39 is 0 Å². The molecule has 0 saturated carbocycles. The lowest BCUT2D eigenvalue weighted by atomic mass is 10.2. The molecule has 0 spiro atoms. The van der Waals surface area contributed by atoms with E-state index in [9.17, 15) is 4.79 Å². The van der Waals surface area contributed by atoms with Crippen LogP contribution in [0.4, 0.5) is 5.69 Å². The van der Waals surface area contributed by atoms with Gasteiger partial charge in [-0.15, -0.1) is 11.3 Å². The van der Waals surface area contributed by atoms with Gasteiger partial charge in [-0.2, -0.15) is 0 Å². The average Bonchev–Trinajstić information content (AvgIpc) is 3.06. The third-order valence-corrected chi connectivity index (χ3v) is 6.27. The summed E-state index contributed by atoms with van der Waals surface area (Å²) in [5.74, 6) is 0.0995. The first-order valence-corrected chi connectivity index (χ1v) is 10.0. The van der Waals surface area contributed by atoms with Gasteiger partial charge in [0.2, 0.25) is 0 Å². The van der Waals surface area contributed by atoms with Crippen LogP contribution in [0, 0.1) is 6.92 Å². The molecule has 1 aromatic heterocycles. The minimum atomic E-state index is 0.0995. The monoisotopic (exact) mass is 409 g/mol. The number of piperazine rings is 1. The molecule has 1 aromatic carbocycles. The van der Waals surface area contributed by atoms with Crippen molar-refractivity contribution in [2.75, 3.05) is 38.0 Å². The maximum atomic E-state index is 12.3. The molecule has 1 fully saturated rings. The maximum absolute atomic E-state index is 12.3. The molecule has 2 aromatic rings. The van der Waals surface area contributed by atoms with Gasteiger partial charge in [0.05, 0.1) is 4.88 Å². The van der Waals surface area contributed by atoms with E-state index >= 15 is 0 Å².